The molecule has 0 radical (unpaired) electrons. The molecule has 0 aromatic rings. The zero-order valence-electron chi connectivity index (χ0n) is 8.59. The number of halogens is 2. The summed E-state index contributed by atoms with van der Waals surface area (Å²) < 4.78 is 30.8. The lowest BCUT2D eigenvalue weighted by atomic mass is 10.1. The van der Waals surface area contributed by atoms with E-state index in [1.54, 1.807) is 6.92 Å². The van der Waals surface area contributed by atoms with Gasteiger partial charge in [-0.25, -0.2) is 0 Å². The van der Waals surface area contributed by atoms with Crippen molar-refractivity contribution in [2.75, 3.05) is 6.61 Å². The van der Waals surface area contributed by atoms with Gasteiger partial charge >= 0.3 is 11.9 Å². The third-order valence-electron chi connectivity index (χ3n) is 2.26. The summed E-state index contributed by atoms with van der Waals surface area (Å²) in [5, 5.41) is 0. The Morgan fingerprint density at radius 1 is 1.40 bits per heavy atom. The molecule has 0 spiro atoms. The summed E-state index contributed by atoms with van der Waals surface area (Å²) in [5.41, 5.74) is 0. The van der Waals surface area contributed by atoms with Crippen molar-refractivity contribution in [1.82, 2.24) is 0 Å². The maximum Gasteiger partial charge on any atom is 0.306 e. The van der Waals surface area contributed by atoms with E-state index in [2.05, 4.69) is 4.74 Å². The van der Waals surface area contributed by atoms with Crippen molar-refractivity contribution in [3.63, 3.8) is 0 Å². The van der Waals surface area contributed by atoms with Crippen LogP contribution < -0.4 is 0 Å². The minimum atomic E-state index is -3.37. The van der Waals surface area contributed by atoms with E-state index in [0.717, 1.165) is 0 Å². The average molecular weight is 220 g/mol. The molecule has 0 bridgehead atoms. The second-order valence-corrected chi connectivity index (χ2v) is 3.65. The zero-order valence-corrected chi connectivity index (χ0v) is 8.59. The van der Waals surface area contributed by atoms with Crippen LogP contribution in [0.1, 0.15) is 32.6 Å². The Balaban J connectivity index is 2.34. The molecule has 0 N–H and O–H groups in total. The number of rotatable bonds is 6. The lowest BCUT2D eigenvalue weighted by Gasteiger charge is -2.13. The molecule has 1 aliphatic carbocycles. The van der Waals surface area contributed by atoms with Gasteiger partial charge in [-0.1, -0.05) is 0 Å². The molecule has 0 aliphatic heterocycles. The number of alkyl halides is 2. The van der Waals surface area contributed by atoms with Gasteiger partial charge in [0, 0.05) is 12.3 Å². The summed E-state index contributed by atoms with van der Waals surface area (Å²) in [6.07, 6.45) is -0.0396. The molecule has 0 heterocycles. The van der Waals surface area contributed by atoms with Gasteiger partial charge in [0.25, 0.3) is 0 Å². The Bertz CT molecular complexity index is 259. The lowest BCUT2D eigenvalue weighted by molar-refractivity contribution is -0.151. The van der Waals surface area contributed by atoms with Crippen molar-refractivity contribution in [2.45, 2.75) is 38.5 Å². The fourth-order valence-corrected chi connectivity index (χ4v) is 1.26. The Hall–Kier alpha value is -1.00. The Morgan fingerprint density at radius 2 is 2.00 bits per heavy atom. The van der Waals surface area contributed by atoms with E-state index in [1.807, 2.05) is 0 Å². The average Bonchev–Trinajstić information content (AvgIpc) is 2.97. The van der Waals surface area contributed by atoms with Gasteiger partial charge < -0.3 is 4.74 Å². The number of hydrogen-bond donors (Lipinski definition) is 0. The first-order valence-electron chi connectivity index (χ1n) is 5.05. The predicted octanol–water partition coefficient (Wildman–Crippen LogP) is 1.94. The standard InChI is InChI=1S/C10H14F2O3/c1-2-15-8(13)5-6-10(11,12)9(14)7-3-4-7/h7H,2-6H2,1H3. The Labute approximate surface area is 86.8 Å². The molecule has 1 saturated carbocycles. The van der Waals surface area contributed by atoms with Crippen molar-refractivity contribution < 1.29 is 23.1 Å². The van der Waals surface area contributed by atoms with E-state index in [9.17, 15) is 18.4 Å². The second kappa shape index (κ2) is 4.68. The molecule has 1 aliphatic rings. The van der Waals surface area contributed by atoms with Crippen LogP contribution in [0.5, 0.6) is 0 Å². The maximum atomic E-state index is 13.2. The highest BCUT2D eigenvalue weighted by molar-refractivity contribution is 5.90. The van der Waals surface area contributed by atoms with Crippen molar-refractivity contribution in [2.24, 2.45) is 5.92 Å². The Kier molecular flexibility index (Phi) is 3.77. The first kappa shape index (κ1) is 12.1. The summed E-state index contributed by atoms with van der Waals surface area (Å²) in [6.45, 7) is 1.77. The number of carbonyl (C=O) groups is 2. The summed E-state index contributed by atoms with van der Waals surface area (Å²) in [5.74, 6) is -5.55. The highest BCUT2D eigenvalue weighted by Crippen LogP contribution is 2.37. The molecule has 1 rings (SSSR count). The molecule has 0 saturated heterocycles. The smallest absolute Gasteiger partial charge is 0.306 e. The summed E-state index contributed by atoms with van der Waals surface area (Å²) >= 11 is 0. The number of esters is 1. The van der Waals surface area contributed by atoms with E-state index >= 15 is 0 Å². The number of ketones is 1. The van der Waals surface area contributed by atoms with E-state index in [-0.39, 0.29) is 6.61 Å². The van der Waals surface area contributed by atoms with Crippen LogP contribution in [0.25, 0.3) is 0 Å². The quantitative estimate of drug-likeness (QED) is 0.642. The molecule has 0 amide bonds. The molecule has 0 unspecified atom stereocenters. The van der Waals surface area contributed by atoms with Gasteiger partial charge in [-0.2, -0.15) is 8.78 Å². The van der Waals surface area contributed by atoms with Gasteiger partial charge in [-0.05, 0) is 19.8 Å². The van der Waals surface area contributed by atoms with Gasteiger partial charge in [0.1, 0.15) is 0 Å². The Morgan fingerprint density at radius 3 is 2.47 bits per heavy atom. The predicted molar refractivity (Wildman–Crippen MR) is 48.5 cm³/mol. The van der Waals surface area contributed by atoms with Crippen LogP contribution in [-0.4, -0.2) is 24.3 Å². The molecule has 0 aromatic heterocycles. The molecule has 0 aromatic carbocycles. The van der Waals surface area contributed by atoms with Crippen LogP contribution in [0.15, 0.2) is 0 Å². The molecule has 3 nitrogen and oxygen atoms in total. The van der Waals surface area contributed by atoms with Crippen molar-refractivity contribution in [3.8, 4) is 0 Å². The molecular formula is C10H14F2O3. The topological polar surface area (TPSA) is 43.4 Å². The van der Waals surface area contributed by atoms with Crippen LogP contribution in [0.4, 0.5) is 8.78 Å². The van der Waals surface area contributed by atoms with Crippen LogP contribution >= 0.6 is 0 Å². The van der Waals surface area contributed by atoms with Crippen molar-refractivity contribution in [1.29, 1.82) is 0 Å². The molecule has 86 valence electrons. The zero-order chi connectivity index (χ0) is 11.5. The van der Waals surface area contributed by atoms with Crippen LogP contribution in [0.2, 0.25) is 0 Å². The van der Waals surface area contributed by atoms with Crippen LogP contribution in [0.3, 0.4) is 0 Å². The fourth-order valence-electron chi connectivity index (χ4n) is 1.26. The summed E-state index contributed by atoms with van der Waals surface area (Å²) in [6, 6.07) is 0. The number of carbonyl (C=O) groups excluding carboxylic acids is 2. The van der Waals surface area contributed by atoms with Crippen LogP contribution in [0, 0.1) is 5.92 Å². The monoisotopic (exact) mass is 220 g/mol. The SMILES string of the molecule is CCOC(=O)CCC(F)(F)C(=O)C1CC1. The van der Waals surface area contributed by atoms with Crippen molar-refractivity contribution in [3.05, 3.63) is 0 Å². The van der Waals surface area contributed by atoms with Gasteiger partial charge in [0.05, 0.1) is 13.0 Å². The van der Waals surface area contributed by atoms with Gasteiger partial charge in [0.15, 0.2) is 0 Å². The third kappa shape index (κ3) is 3.57. The molecule has 15 heavy (non-hydrogen) atoms. The highest BCUT2D eigenvalue weighted by Gasteiger charge is 2.46. The van der Waals surface area contributed by atoms with E-state index in [4.69, 9.17) is 0 Å². The second-order valence-electron chi connectivity index (χ2n) is 3.65. The summed E-state index contributed by atoms with van der Waals surface area (Å²) in [4.78, 5) is 21.9. The fraction of sp³-hybridized carbons (Fsp3) is 0.800. The number of ether oxygens (including phenoxy) is 1. The third-order valence-corrected chi connectivity index (χ3v) is 2.26. The van der Waals surface area contributed by atoms with Gasteiger partial charge in [-0.15, -0.1) is 0 Å². The molecule has 1 fully saturated rings. The number of Topliss-reactive ketones (excluding diaryl/α,β-unsaturated/α-hetero) is 1. The summed E-state index contributed by atoms with van der Waals surface area (Å²) in [7, 11) is 0. The normalized spacial score (nSPS) is 16.2. The highest BCUT2D eigenvalue weighted by atomic mass is 19.3. The minimum Gasteiger partial charge on any atom is -0.466 e. The van der Waals surface area contributed by atoms with Gasteiger partial charge in [-0.3, -0.25) is 9.59 Å². The maximum absolute atomic E-state index is 13.2. The lowest BCUT2D eigenvalue weighted by Crippen LogP contribution is -2.31. The molecule has 0 atom stereocenters. The molecule has 5 heteroatoms. The van der Waals surface area contributed by atoms with Crippen molar-refractivity contribution >= 4 is 11.8 Å². The van der Waals surface area contributed by atoms with Gasteiger partial charge in [0.2, 0.25) is 5.78 Å². The van der Waals surface area contributed by atoms with E-state index < -0.39 is 36.4 Å². The van der Waals surface area contributed by atoms with Crippen LogP contribution in [-0.2, 0) is 14.3 Å². The first-order chi connectivity index (χ1) is 6.97. The number of hydrogen-bond acceptors (Lipinski definition) is 3. The minimum absolute atomic E-state index is 0.168. The largest absolute Gasteiger partial charge is 0.466 e. The molecular weight excluding hydrogens is 206 g/mol. The van der Waals surface area contributed by atoms with E-state index in [0.29, 0.717) is 12.8 Å². The van der Waals surface area contributed by atoms with E-state index in [1.165, 1.54) is 0 Å². The first-order valence-corrected chi connectivity index (χ1v) is 5.05.